The number of anilines is 2. The van der Waals surface area contributed by atoms with E-state index in [1.807, 2.05) is 24.0 Å². The van der Waals surface area contributed by atoms with E-state index >= 15 is 0 Å². The second-order valence-corrected chi connectivity index (χ2v) is 4.97. The topological polar surface area (TPSA) is 67.6 Å². The molecular weight excluding hydrogens is 266 g/mol. The van der Waals surface area contributed by atoms with Crippen molar-refractivity contribution in [2.24, 2.45) is 0 Å². The molecule has 5 nitrogen and oxygen atoms in total. The number of amides is 1. The van der Waals surface area contributed by atoms with Crippen molar-refractivity contribution in [3.05, 3.63) is 22.7 Å². The molecule has 0 aromatic heterocycles. The minimum absolute atomic E-state index is 0.0629. The molecule has 1 fully saturated rings. The van der Waals surface area contributed by atoms with Gasteiger partial charge in [-0.3, -0.25) is 4.79 Å². The van der Waals surface area contributed by atoms with Gasteiger partial charge in [0.1, 0.15) is 6.04 Å². The van der Waals surface area contributed by atoms with E-state index in [1.165, 1.54) is 0 Å². The van der Waals surface area contributed by atoms with E-state index in [0.29, 0.717) is 30.5 Å². The number of aryl methyl sites for hydroxylation is 1. The molecule has 1 amide bonds. The minimum atomic E-state index is -0.336. The molecule has 19 heavy (non-hydrogen) atoms. The van der Waals surface area contributed by atoms with Crippen LogP contribution in [0.3, 0.4) is 0 Å². The summed E-state index contributed by atoms with van der Waals surface area (Å²) in [6, 6.07) is 3.30. The fourth-order valence-corrected chi connectivity index (χ4v) is 2.44. The van der Waals surface area contributed by atoms with Crippen molar-refractivity contribution in [2.75, 3.05) is 37.4 Å². The molecule has 1 heterocycles. The smallest absolute Gasteiger partial charge is 0.244 e. The molecule has 1 aromatic rings. The van der Waals surface area contributed by atoms with Gasteiger partial charge in [0.05, 0.1) is 23.9 Å². The van der Waals surface area contributed by atoms with Gasteiger partial charge in [-0.05, 0) is 24.6 Å². The highest BCUT2D eigenvalue weighted by Gasteiger charge is 2.30. The van der Waals surface area contributed by atoms with Crippen molar-refractivity contribution in [2.45, 2.75) is 13.0 Å². The Morgan fingerprint density at radius 1 is 1.58 bits per heavy atom. The van der Waals surface area contributed by atoms with E-state index in [2.05, 4.69) is 5.32 Å². The highest BCUT2D eigenvalue weighted by atomic mass is 35.5. The molecule has 0 radical (unpaired) electrons. The van der Waals surface area contributed by atoms with E-state index in [4.69, 9.17) is 22.1 Å². The Balaban J connectivity index is 2.37. The van der Waals surface area contributed by atoms with Crippen LogP contribution in [0.1, 0.15) is 5.56 Å². The van der Waals surface area contributed by atoms with Gasteiger partial charge in [0.15, 0.2) is 0 Å². The highest BCUT2D eigenvalue weighted by Crippen LogP contribution is 2.31. The second-order valence-electron chi connectivity index (χ2n) is 4.56. The standard InChI is InChI=1S/C13H18ClN3O2/c1-8-5-10(15)9(14)6-11(8)17-3-4-19-7-12(17)13(18)16-2/h5-6,12H,3-4,7,15H2,1-2H3,(H,16,18). The first-order valence-corrected chi connectivity index (χ1v) is 6.54. The maximum absolute atomic E-state index is 11.9. The van der Waals surface area contributed by atoms with Crippen molar-refractivity contribution in [3.63, 3.8) is 0 Å². The first kappa shape index (κ1) is 14.0. The number of hydrogen-bond acceptors (Lipinski definition) is 4. The third kappa shape index (κ3) is 2.77. The zero-order valence-corrected chi connectivity index (χ0v) is 11.8. The predicted molar refractivity (Wildman–Crippen MR) is 76.6 cm³/mol. The third-order valence-electron chi connectivity index (χ3n) is 3.30. The summed E-state index contributed by atoms with van der Waals surface area (Å²) < 4.78 is 5.39. The fourth-order valence-electron chi connectivity index (χ4n) is 2.28. The molecule has 0 saturated carbocycles. The van der Waals surface area contributed by atoms with Gasteiger partial charge < -0.3 is 20.7 Å². The predicted octanol–water partition coefficient (Wildman–Crippen LogP) is 1.18. The zero-order valence-electron chi connectivity index (χ0n) is 11.1. The number of carbonyl (C=O) groups is 1. The van der Waals surface area contributed by atoms with Crippen LogP contribution < -0.4 is 16.0 Å². The third-order valence-corrected chi connectivity index (χ3v) is 3.63. The number of hydrogen-bond donors (Lipinski definition) is 2. The van der Waals surface area contributed by atoms with E-state index in [0.717, 1.165) is 11.3 Å². The van der Waals surface area contributed by atoms with Crippen LogP contribution in [0.5, 0.6) is 0 Å². The number of nitrogen functional groups attached to an aromatic ring is 1. The lowest BCUT2D eigenvalue weighted by atomic mass is 10.1. The number of carbonyl (C=O) groups excluding carboxylic acids is 1. The maximum atomic E-state index is 11.9. The summed E-state index contributed by atoms with van der Waals surface area (Å²) >= 11 is 6.08. The van der Waals surface area contributed by atoms with E-state index in [1.54, 1.807) is 7.05 Å². The fraction of sp³-hybridized carbons (Fsp3) is 0.462. The summed E-state index contributed by atoms with van der Waals surface area (Å²) in [6.45, 7) is 3.58. The first-order chi connectivity index (χ1) is 9.04. The average Bonchev–Trinajstić information content (AvgIpc) is 2.42. The molecule has 0 spiro atoms. The van der Waals surface area contributed by atoms with E-state index < -0.39 is 0 Å². The summed E-state index contributed by atoms with van der Waals surface area (Å²) in [5.74, 6) is -0.0629. The number of likely N-dealkylation sites (N-methyl/N-ethyl adjacent to an activating group) is 1. The lowest BCUT2D eigenvalue weighted by molar-refractivity contribution is -0.124. The lowest BCUT2D eigenvalue weighted by Crippen LogP contribution is -2.53. The van der Waals surface area contributed by atoms with Crippen LogP contribution in [-0.4, -0.2) is 38.8 Å². The molecule has 2 rings (SSSR count). The van der Waals surface area contributed by atoms with Crippen LogP contribution >= 0.6 is 11.6 Å². The van der Waals surface area contributed by atoms with Crippen LogP contribution in [-0.2, 0) is 9.53 Å². The SMILES string of the molecule is CNC(=O)C1COCCN1c1cc(Cl)c(N)cc1C. The number of ether oxygens (including phenoxy) is 1. The van der Waals surface area contributed by atoms with Crippen molar-refractivity contribution in [1.82, 2.24) is 5.32 Å². The van der Waals surface area contributed by atoms with Gasteiger partial charge in [0.25, 0.3) is 0 Å². The number of nitrogens with one attached hydrogen (secondary N) is 1. The monoisotopic (exact) mass is 283 g/mol. The van der Waals surface area contributed by atoms with Crippen LogP contribution in [0.15, 0.2) is 12.1 Å². The zero-order chi connectivity index (χ0) is 14.0. The molecule has 1 aliphatic rings. The largest absolute Gasteiger partial charge is 0.398 e. The van der Waals surface area contributed by atoms with Gasteiger partial charge in [-0.15, -0.1) is 0 Å². The normalized spacial score (nSPS) is 19.3. The molecule has 1 atom stereocenters. The van der Waals surface area contributed by atoms with Crippen molar-refractivity contribution in [3.8, 4) is 0 Å². The summed E-state index contributed by atoms with van der Waals surface area (Å²) in [6.07, 6.45) is 0. The average molecular weight is 284 g/mol. The Bertz CT molecular complexity index is 493. The summed E-state index contributed by atoms with van der Waals surface area (Å²) in [5.41, 5.74) is 8.26. The molecule has 0 bridgehead atoms. The number of rotatable bonds is 2. The van der Waals surface area contributed by atoms with Crippen molar-refractivity contribution in [1.29, 1.82) is 0 Å². The van der Waals surface area contributed by atoms with Gasteiger partial charge in [-0.25, -0.2) is 0 Å². The number of halogens is 1. The highest BCUT2D eigenvalue weighted by molar-refractivity contribution is 6.33. The summed E-state index contributed by atoms with van der Waals surface area (Å²) in [5, 5.41) is 3.16. The molecular formula is C13H18ClN3O2. The van der Waals surface area contributed by atoms with Crippen LogP contribution in [0.25, 0.3) is 0 Å². The molecule has 6 heteroatoms. The Labute approximate surface area is 117 Å². The summed E-state index contributed by atoms with van der Waals surface area (Å²) in [7, 11) is 1.62. The molecule has 104 valence electrons. The molecule has 1 saturated heterocycles. The van der Waals surface area contributed by atoms with Crippen LogP contribution in [0.2, 0.25) is 5.02 Å². The quantitative estimate of drug-likeness (QED) is 0.800. The van der Waals surface area contributed by atoms with Crippen molar-refractivity contribution >= 4 is 28.9 Å². The van der Waals surface area contributed by atoms with Gasteiger partial charge >= 0.3 is 0 Å². The minimum Gasteiger partial charge on any atom is -0.398 e. The summed E-state index contributed by atoms with van der Waals surface area (Å²) in [4.78, 5) is 13.9. The van der Waals surface area contributed by atoms with Crippen LogP contribution in [0.4, 0.5) is 11.4 Å². The van der Waals surface area contributed by atoms with Gasteiger partial charge in [0, 0.05) is 19.3 Å². The van der Waals surface area contributed by atoms with Gasteiger partial charge in [-0.2, -0.15) is 0 Å². The number of benzene rings is 1. The molecule has 1 aliphatic heterocycles. The number of nitrogens with two attached hydrogens (primary N) is 1. The number of morpholine rings is 1. The Kier molecular flexibility index (Phi) is 4.17. The Hall–Kier alpha value is -1.46. The van der Waals surface area contributed by atoms with Gasteiger partial charge in [0.2, 0.25) is 5.91 Å². The van der Waals surface area contributed by atoms with Gasteiger partial charge in [-0.1, -0.05) is 11.6 Å². The molecule has 0 aliphatic carbocycles. The van der Waals surface area contributed by atoms with Crippen LogP contribution in [0, 0.1) is 6.92 Å². The van der Waals surface area contributed by atoms with E-state index in [-0.39, 0.29) is 11.9 Å². The molecule has 1 aromatic carbocycles. The molecule has 3 N–H and O–H groups in total. The Morgan fingerprint density at radius 2 is 2.32 bits per heavy atom. The molecule has 1 unspecified atom stereocenters. The number of nitrogens with zero attached hydrogens (tertiary/aromatic N) is 1. The van der Waals surface area contributed by atoms with E-state index in [9.17, 15) is 4.79 Å². The Morgan fingerprint density at radius 3 is 3.00 bits per heavy atom. The van der Waals surface area contributed by atoms with Crippen molar-refractivity contribution < 1.29 is 9.53 Å². The second kappa shape index (κ2) is 5.67. The first-order valence-electron chi connectivity index (χ1n) is 6.16. The lowest BCUT2D eigenvalue weighted by Gasteiger charge is -2.37. The maximum Gasteiger partial charge on any atom is 0.244 e.